The van der Waals surface area contributed by atoms with E-state index in [1.54, 1.807) is 0 Å². The van der Waals surface area contributed by atoms with E-state index in [0.29, 0.717) is 5.96 Å². The standard InChI is InChI=1S/C20H28N4O2/c1-5-13(10-15-8-7-9-17-18(15)26-12-25-17)16-11-14(6-2)19(24(3)4)23-20(21)22-16/h7-9,11,13-14H,5-6,10,12H2,1-4H3,(H2,21,22). The van der Waals surface area contributed by atoms with Crippen molar-refractivity contribution in [2.75, 3.05) is 20.9 Å². The fourth-order valence-electron chi connectivity index (χ4n) is 3.51. The van der Waals surface area contributed by atoms with Gasteiger partial charge in [-0.2, -0.15) is 4.99 Å². The maximum absolute atomic E-state index is 6.10. The van der Waals surface area contributed by atoms with Gasteiger partial charge in [-0.3, -0.25) is 0 Å². The minimum atomic E-state index is 0.208. The predicted molar refractivity (Wildman–Crippen MR) is 105 cm³/mol. The smallest absolute Gasteiger partial charge is 0.231 e. The van der Waals surface area contributed by atoms with E-state index < -0.39 is 0 Å². The van der Waals surface area contributed by atoms with Crippen LogP contribution in [-0.2, 0) is 6.42 Å². The highest BCUT2D eigenvalue weighted by atomic mass is 16.7. The van der Waals surface area contributed by atoms with Crippen molar-refractivity contribution in [3.05, 3.63) is 35.5 Å². The molecule has 0 saturated heterocycles. The van der Waals surface area contributed by atoms with Crippen molar-refractivity contribution >= 4 is 11.8 Å². The van der Waals surface area contributed by atoms with E-state index in [0.717, 1.165) is 47.9 Å². The summed E-state index contributed by atoms with van der Waals surface area (Å²) in [5.41, 5.74) is 8.25. The van der Waals surface area contributed by atoms with Crippen LogP contribution in [0.5, 0.6) is 11.5 Å². The molecule has 0 radical (unpaired) electrons. The van der Waals surface area contributed by atoms with Crippen LogP contribution in [0.1, 0.15) is 32.3 Å². The third-order valence-electron chi connectivity index (χ3n) is 4.93. The number of rotatable bonds is 5. The van der Waals surface area contributed by atoms with E-state index >= 15 is 0 Å². The topological polar surface area (TPSA) is 72.4 Å². The highest BCUT2D eigenvalue weighted by Crippen LogP contribution is 2.38. The Morgan fingerprint density at radius 2 is 2.04 bits per heavy atom. The number of aliphatic imine (C=N–C) groups is 2. The Bertz CT molecular complexity index is 752. The lowest BCUT2D eigenvalue weighted by atomic mass is 9.90. The lowest BCUT2D eigenvalue weighted by Crippen LogP contribution is -2.30. The predicted octanol–water partition coefficient (Wildman–Crippen LogP) is 3.18. The van der Waals surface area contributed by atoms with Crippen molar-refractivity contribution in [1.29, 1.82) is 0 Å². The van der Waals surface area contributed by atoms with Gasteiger partial charge in [0.1, 0.15) is 5.84 Å². The van der Waals surface area contributed by atoms with Crippen LogP contribution < -0.4 is 15.2 Å². The number of para-hydroxylation sites is 1. The maximum atomic E-state index is 6.10. The molecule has 2 aliphatic heterocycles. The summed E-state index contributed by atoms with van der Waals surface area (Å²) >= 11 is 0. The van der Waals surface area contributed by atoms with Crippen molar-refractivity contribution in [1.82, 2.24) is 4.90 Å². The molecular weight excluding hydrogens is 328 g/mol. The second-order valence-electron chi connectivity index (χ2n) is 6.90. The van der Waals surface area contributed by atoms with E-state index in [9.17, 15) is 0 Å². The molecule has 140 valence electrons. The van der Waals surface area contributed by atoms with Gasteiger partial charge in [0.2, 0.25) is 12.8 Å². The first-order chi connectivity index (χ1) is 12.5. The van der Waals surface area contributed by atoms with Gasteiger partial charge in [0.25, 0.3) is 0 Å². The van der Waals surface area contributed by atoms with E-state index in [-0.39, 0.29) is 18.6 Å². The molecule has 0 aliphatic carbocycles. The van der Waals surface area contributed by atoms with E-state index in [2.05, 4.69) is 36.0 Å². The summed E-state index contributed by atoms with van der Waals surface area (Å²) in [5.74, 6) is 3.41. The zero-order valence-corrected chi connectivity index (χ0v) is 16.0. The monoisotopic (exact) mass is 356 g/mol. The SMILES string of the molecule is CCC1C=C(C(CC)Cc2cccc3c2OCO3)N=C(N)N=C1N(C)C. The van der Waals surface area contributed by atoms with Crippen LogP contribution in [0.3, 0.4) is 0 Å². The van der Waals surface area contributed by atoms with Crippen LogP contribution in [0.25, 0.3) is 0 Å². The first kappa shape index (κ1) is 18.3. The Labute approximate surface area is 155 Å². The van der Waals surface area contributed by atoms with Gasteiger partial charge in [-0.15, -0.1) is 0 Å². The van der Waals surface area contributed by atoms with Crippen LogP contribution in [-0.4, -0.2) is 37.6 Å². The van der Waals surface area contributed by atoms with Gasteiger partial charge in [-0.1, -0.05) is 32.1 Å². The van der Waals surface area contributed by atoms with Gasteiger partial charge in [0.15, 0.2) is 11.5 Å². The lowest BCUT2D eigenvalue weighted by Gasteiger charge is -2.22. The molecule has 0 saturated carbocycles. The number of amidine groups is 1. The van der Waals surface area contributed by atoms with Gasteiger partial charge in [-0.25, -0.2) is 4.99 Å². The average Bonchev–Trinajstić information content (AvgIpc) is 3.03. The maximum Gasteiger partial charge on any atom is 0.231 e. The molecule has 0 aromatic heterocycles. The van der Waals surface area contributed by atoms with Crippen molar-refractivity contribution in [3.8, 4) is 11.5 Å². The Morgan fingerprint density at radius 3 is 2.73 bits per heavy atom. The van der Waals surface area contributed by atoms with Crippen LogP contribution >= 0.6 is 0 Å². The number of nitrogens with two attached hydrogens (primary N) is 1. The van der Waals surface area contributed by atoms with Gasteiger partial charge >= 0.3 is 0 Å². The molecule has 2 heterocycles. The molecule has 2 unspecified atom stereocenters. The number of nitrogens with zero attached hydrogens (tertiary/aromatic N) is 3. The summed E-state index contributed by atoms with van der Waals surface area (Å²) in [6.07, 6.45) is 4.98. The minimum absolute atomic E-state index is 0.208. The van der Waals surface area contributed by atoms with Gasteiger partial charge in [0, 0.05) is 31.6 Å². The Morgan fingerprint density at radius 1 is 1.23 bits per heavy atom. The quantitative estimate of drug-likeness (QED) is 0.879. The van der Waals surface area contributed by atoms with Gasteiger partial charge < -0.3 is 20.1 Å². The third kappa shape index (κ3) is 3.69. The van der Waals surface area contributed by atoms with E-state index in [4.69, 9.17) is 15.2 Å². The van der Waals surface area contributed by atoms with Crippen molar-refractivity contribution in [2.45, 2.75) is 33.1 Å². The molecule has 26 heavy (non-hydrogen) atoms. The number of allylic oxidation sites excluding steroid dienone is 1. The van der Waals surface area contributed by atoms with Crippen LogP contribution in [0.2, 0.25) is 0 Å². The van der Waals surface area contributed by atoms with Gasteiger partial charge in [0.05, 0.1) is 0 Å². The van der Waals surface area contributed by atoms with Crippen molar-refractivity contribution in [2.24, 2.45) is 27.6 Å². The van der Waals surface area contributed by atoms with Crippen LogP contribution in [0.4, 0.5) is 0 Å². The third-order valence-corrected chi connectivity index (χ3v) is 4.93. The minimum Gasteiger partial charge on any atom is -0.454 e. The van der Waals surface area contributed by atoms with Crippen LogP contribution in [0, 0.1) is 11.8 Å². The van der Waals surface area contributed by atoms with E-state index in [1.165, 1.54) is 0 Å². The van der Waals surface area contributed by atoms with Crippen LogP contribution in [0.15, 0.2) is 40.0 Å². The largest absolute Gasteiger partial charge is 0.454 e. The number of hydrogen-bond acceptors (Lipinski definition) is 6. The zero-order chi connectivity index (χ0) is 18.7. The van der Waals surface area contributed by atoms with Gasteiger partial charge in [-0.05, 0) is 30.9 Å². The van der Waals surface area contributed by atoms with Crippen molar-refractivity contribution < 1.29 is 9.47 Å². The fraction of sp³-hybridized carbons (Fsp3) is 0.500. The Balaban J connectivity index is 1.90. The summed E-state index contributed by atoms with van der Waals surface area (Å²) in [4.78, 5) is 11.2. The summed E-state index contributed by atoms with van der Waals surface area (Å²) < 4.78 is 11.2. The molecule has 0 fully saturated rings. The molecule has 2 atom stereocenters. The zero-order valence-electron chi connectivity index (χ0n) is 16.0. The molecule has 2 aliphatic rings. The second-order valence-corrected chi connectivity index (χ2v) is 6.90. The molecule has 1 aromatic carbocycles. The van der Waals surface area contributed by atoms with Crippen molar-refractivity contribution in [3.63, 3.8) is 0 Å². The summed E-state index contributed by atoms with van der Waals surface area (Å²) in [7, 11) is 3.99. The molecule has 0 bridgehead atoms. The summed E-state index contributed by atoms with van der Waals surface area (Å²) in [6.45, 7) is 4.63. The molecule has 0 spiro atoms. The highest BCUT2D eigenvalue weighted by Gasteiger charge is 2.25. The molecular formula is C20H28N4O2. The average molecular weight is 356 g/mol. The second kappa shape index (κ2) is 7.81. The molecule has 2 N–H and O–H groups in total. The highest BCUT2D eigenvalue weighted by molar-refractivity contribution is 5.98. The first-order valence-corrected chi connectivity index (χ1v) is 9.22. The molecule has 0 amide bonds. The molecule has 3 rings (SSSR count). The molecule has 6 nitrogen and oxygen atoms in total. The Kier molecular flexibility index (Phi) is 5.49. The number of hydrogen-bond donors (Lipinski definition) is 1. The number of ether oxygens (including phenoxy) is 2. The lowest BCUT2D eigenvalue weighted by molar-refractivity contribution is 0.173. The van der Waals surface area contributed by atoms with E-state index in [1.807, 2.05) is 31.1 Å². The first-order valence-electron chi connectivity index (χ1n) is 9.22. The number of guanidine groups is 1. The number of benzene rings is 1. The molecule has 1 aromatic rings. The Hall–Kier alpha value is -2.50. The fourth-order valence-corrected chi connectivity index (χ4v) is 3.51. The summed E-state index contributed by atoms with van der Waals surface area (Å²) in [6, 6.07) is 6.05. The molecule has 6 heteroatoms. The number of fused-ring (bicyclic) bond motifs is 1. The summed E-state index contributed by atoms with van der Waals surface area (Å²) in [5, 5.41) is 0. The normalized spacial score (nSPS) is 20.0.